The van der Waals surface area contributed by atoms with Crippen molar-refractivity contribution in [2.75, 3.05) is 0 Å². The summed E-state index contributed by atoms with van der Waals surface area (Å²) in [5.74, 6) is 0.184. The molecule has 0 saturated heterocycles. The van der Waals surface area contributed by atoms with Gasteiger partial charge in [0.25, 0.3) is 0 Å². The van der Waals surface area contributed by atoms with Crippen LogP contribution in [0.3, 0.4) is 0 Å². The molecule has 13 heavy (non-hydrogen) atoms. The molecular weight excluding hydrogens is 191 g/mol. The Balaban J connectivity index is 0. The molecule has 2 nitrogen and oxygen atoms in total. The first kappa shape index (κ1) is 14.1. The molecule has 1 aliphatic rings. The van der Waals surface area contributed by atoms with Crippen molar-refractivity contribution >= 4 is 5.97 Å². The van der Waals surface area contributed by atoms with Gasteiger partial charge in [-0.05, 0) is 18.8 Å². The number of hydrogen-bond donors (Lipinski definition) is 1. The molecular formula is C10H19KO2. The van der Waals surface area contributed by atoms with Gasteiger partial charge < -0.3 is 6.53 Å². The smallest absolute Gasteiger partial charge is 1.00 e. The molecule has 1 fully saturated rings. The van der Waals surface area contributed by atoms with E-state index in [-0.39, 0.29) is 52.8 Å². The SMILES string of the molecule is O=C(O)CCCC1CCCCC1.[H-].[K+]. The molecule has 0 aromatic heterocycles. The first-order valence-electron chi connectivity index (χ1n) is 5.01. The molecule has 0 unspecified atom stereocenters. The second-order valence-electron chi connectivity index (χ2n) is 3.79. The average Bonchev–Trinajstić information content (AvgIpc) is 2.05. The maximum Gasteiger partial charge on any atom is 1.00 e. The fourth-order valence-corrected chi connectivity index (χ4v) is 2.02. The fraction of sp³-hybridized carbons (Fsp3) is 0.900. The maximum atomic E-state index is 10.2. The summed E-state index contributed by atoms with van der Waals surface area (Å²) in [6.45, 7) is 0. The van der Waals surface area contributed by atoms with E-state index in [2.05, 4.69) is 0 Å². The molecule has 1 N–H and O–H groups in total. The summed E-state index contributed by atoms with van der Waals surface area (Å²) in [7, 11) is 0. The summed E-state index contributed by atoms with van der Waals surface area (Å²) in [6.07, 6.45) is 9.13. The minimum absolute atomic E-state index is 0. The quantitative estimate of drug-likeness (QED) is 0.660. The topological polar surface area (TPSA) is 37.3 Å². The Kier molecular flexibility index (Phi) is 9.13. The predicted octanol–water partition coefficient (Wildman–Crippen LogP) is -0.0619. The van der Waals surface area contributed by atoms with E-state index in [0.717, 1.165) is 18.8 Å². The molecule has 0 aromatic carbocycles. The van der Waals surface area contributed by atoms with Gasteiger partial charge in [0, 0.05) is 6.42 Å². The third-order valence-electron chi connectivity index (χ3n) is 2.73. The van der Waals surface area contributed by atoms with E-state index >= 15 is 0 Å². The van der Waals surface area contributed by atoms with Crippen LogP contribution in [0.15, 0.2) is 0 Å². The van der Waals surface area contributed by atoms with Crippen molar-refractivity contribution in [3.05, 3.63) is 0 Å². The summed E-state index contributed by atoms with van der Waals surface area (Å²) in [5.41, 5.74) is 0. The van der Waals surface area contributed by atoms with Gasteiger partial charge in [-0.25, -0.2) is 0 Å². The second kappa shape index (κ2) is 8.42. The zero-order valence-electron chi connectivity index (χ0n) is 9.59. The van der Waals surface area contributed by atoms with Crippen LogP contribution in [0, 0.1) is 5.92 Å². The van der Waals surface area contributed by atoms with Crippen molar-refractivity contribution in [3.63, 3.8) is 0 Å². The number of carboxylic acid groups (broad SMARTS) is 1. The largest absolute Gasteiger partial charge is 1.00 e. The molecule has 0 aliphatic heterocycles. The van der Waals surface area contributed by atoms with Gasteiger partial charge >= 0.3 is 57.4 Å². The summed E-state index contributed by atoms with van der Waals surface area (Å²) in [5, 5.41) is 8.44. The van der Waals surface area contributed by atoms with Crippen LogP contribution in [0.2, 0.25) is 0 Å². The molecule has 0 spiro atoms. The van der Waals surface area contributed by atoms with E-state index in [1.54, 1.807) is 0 Å². The van der Waals surface area contributed by atoms with Crippen LogP contribution in [-0.2, 0) is 4.79 Å². The molecule has 3 heteroatoms. The molecule has 0 amide bonds. The maximum absolute atomic E-state index is 10.2. The van der Waals surface area contributed by atoms with Crippen molar-refractivity contribution in [2.24, 2.45) is 5.92 Å². The fourth-order valence-electron chi connectivity index (χ4n) is 2.02. The molecule has 0 aromatic rings. The van der Waals surface area contributed by atoms with Gasteiger partial charge in [0.05, 0.1) is 0 Å². The van der Waals surface area contributed by atoms with Gasteiger partial charge in [-0.1, -0.05) is 32.1 Å². The van der Waals surface area contributed by atoms with E-state index in [1.807, 2.05) is 0 Å². The van der Waals surface area contributed by atoms with Crippen LogP contribution in [0.5, 0.6) is 0 Å². The van der Waals surface area contributed by atoms with Crippen LogP contribution in [0.25, 0.3) is 0 Å². The normalized spacial score (nSPS) is 17.8. The zero-order valence-corrected chi connectivity index (χ0v) is 11.7. The number of aliphatic carboxylic acids is 1. The van der Waals surface area contributed by atoms with Crippen molar-refractivity contribution < 1.29 is 62.7 Å². The molecule has 1 saturated carbocycles. The second-order valence-corrected chi connectivity index (χ2v) is 3.79. The minimum Gasteiger partial charge on any atom is -1.00 e. The molecule has 0 bridgehead atoms. The number of rotatable bonds is 4. The molecule has 0 radical (unpaired) electrons. The van der Waals surface area contributed by atoms with E-state index in [4.69, 9.17) is 5.11 Å². The van der Waals surface area contributed by atoms with E-state index in [1.165, 1.54) is 32.1 Å². The Bertz CT molecular complexity index is 147. The van der Waals surface area contributed by atoms with Crippen LogP contribution in [0.1, 0.15) is 52.8 Å². The predicted molar refractivity (Wildman–Crippen MR) is 49.2 cm³/mol. The number of carboxylic acids is 1. The van der Waals surface area contributed by atoms with Gasteiger partial charge in [-0.2, -0.15) is 0 Å². The molecule has 1 aliphatic carbocycles. The van der Waals surface area contributed by atoms with Crippen LogP contribution >= 0.6 is 0 Å². The summed E-state index contributed by atoms with van der Waals surface area (Å²) in [4.78, 5) is 10.2. The summed E-state index contributed by atoms with van der Waals surface area (Å²) >= 11 is 0. The van der Waals surface area contributed by atoms with Crippen LogP contribution < -0.4 is 51.4 Å². The monoisotopic (exact) mass is 210 g/mol. The standard InChI is InChI=1S/C10H18O2.K.H/c11-10(12)8-4-7-9-5-2-1-3-6-9;;/h9H,1-8H2,(H,11,12);;/q;+1;-1. The Morgan fingerprint density at radius 2 is 1.92 bits per heavy atom. The summed E-state index contributed by atoms with van der Waals surface area (Å²) < 4.78 is 0. The first-order valence-corrected chi connectivity index (χ1v) is 5.01. The molecule has 0 atom stereocenters. The van der Waals surface area contributed by atoms with Crippen molar-refractivity contribution in [1.82, 2.24) is 0 Å². The van der Waals surface area contributed by atoms with Gasteiger partial charge in [0.2, 0.25) is 0 Å². The zero-order chi connectivity index (χ0) is 8.81. The molecule has 0 heterocycles. The van der Waals surface area contributed by atoms with Gasteiger partial charge in [0.15, 0.2) is 0 Å². The third kappa shape index (κ3) is 7.08. The van der Waals surface area contributed by atoms with E-state index in [0.29, 0.717) is 6.42 Å². The number of hydrogen-bond acceptors (Lipinski definition) is 1. The van der Waals surface area contributed by atoms with E-state index in [9.17, 15) is 4.79 Å². The Labute approximate surface area is 124 Å². The summed E-state index contributed by atoms with van der Waals surface area (Å²) in [6, 6.07) is 0. The van der Waals surface area contributed by atoms with Gasteiger partial charge in [0.1, 0.15) is 0 Å². The van der Waals surface area contributed by atoms with Gasteiger partial charge in [-0.15, -0.1) is 0 Å². The van der Waals surface area contributed by atoms with Crippen molar-refractivity contribution in [1.29, 1.82) is 0 Å². The minimum atomic E-state index is -0.647. The first-order chi connectivity index (χ1) is 5.79. The van der Waals surface area contributed by atoms with Crippen molar-refractivity contribution in [2.45, 2.75) is 51.4 Å². The van der Waals surface area contributed by atoms with E-state index < -0.39 is 5.97 Å². The average molecular weight is 210 g/mol. The van der Waals surface area contributed by atoms with Crippen LogP contribution in [-0.4, -0.2) is 11.1 Å². The third-order valence-corrected chi connectivity index (χ3v) is 2.73. The Hall–Kier alpha value is 1.11. The van der Waals surface area contributed by atoms with Gasteiger partial charge in [-0.3, -0.25) is 4.79 Å². The molecule has 72 valence electrons. The molecule has 1 rings (SSSR count). The Morgan fingerprint density at radius 3 is 2.46 bits per heavy atom. The van der Waals surface area contributed by atoms with Crippen molar-refractivity contribution in [3.8, 4) is 0 Å². The Morgan fingerprint density at radius 1 is 1.31 bits per heavy atom. The van der Waals surface area contributed by atoms with Crippen LogP contribution in [0.4, 0.5) is 0 Å². The number of carbonyl (C=O) groups is 1.